The molecule has 0 radical (unpaired) electrons. The number of aryl methyl sites for hydroxylation is 1. The summed E-state index contributed by atoms with van der Waals surface area (Å²) in [6.45, 7) is 5.45. The Morgan fingerprint density at radius 2 is 2.33 bits per heavy atom. The summed E-state index contributed by atoms with van der Waals surface area (Å²) in [7, 11) is 0. The van der Waals surface area contributed by atoms with Crippen molar-refractivity contribution in [3.63, 3.8) is 0 Å². The van der Waals surface area contributed by atoms with Crippen LogP contribution >= 0.6 is 11.3 Å². The van der Waals surface area contributed by atoms with Crippen molar-refractivity contribution in [2.75, 3.05) is 19.6 Å². The van der Waals surface area contributed by atoms with Gasteiger partial charge in [-0.1, -0.05) is 0 Å². The summed E-state index contributed by atoms with van der Waals surface area (Å²) in [5.41, 5.74) is 1.24. The number of hydrogen-bond donors (Lipinski definition) is 2. The molecule has 0 aromatic carbocycles. The Hall–Kier alpha value is -0.450. The van der Waals surface area contributed by atoms with Crippen molar-refractivity contribution in [2.45, 2.75) is 32.2 Å². The predicted octanol–water partition coefficient (Wildman–Crippen LogP) is 1.34. The van der Waals surface area contributed by atoms with E-state index in [0.717, 1.165) is 26.1 Å². The second-order valence-corrected chi connectivity index (χ2v) is 5.15. The van der Waals surface area contributed by atoms with E-state index < -0.39 is 0 Å². The number of nitrogens with zero attached hydrogens (tertiary/aromatic N) is 1. The molecule has 0 atom stereocenters. The summed E-state index contributed by atoms with van der Waals surface area (Å²) >= 11 is 1.74. The van der Waals surface area contributed by atoms with Crippen molar-refractivity contribution in [1.82, 2.24) is 15.6 Å². The SMILES string of the molecule is Cc1nc(CCNC2CCNCC2)cs1. The van der Waals surface area contributed by atoms with Gasteiger partial charge in [0.05, 0.1) is 10.7 Å². The van der Waals surface area contributed by atoms with E-state index in [4.69, 9.17) is 0 Å². The molecule has 15 heavy (non-hydrogen) atoms. The highest BCUT2D eigenvalue weighted by atomic mass is 32.1. The first-order chi connectivity index (χ1) is 7.34. The van der Waals surface area contributed by atoms with Gasteiger partial charge in [-0.25, -0.2) is 4.98 Å². The summed E-state index contributed by atoms with van der Waals surface area (Å²) in [5, 5.41) is 10.3. The Labute approximate surface area is 95.3 Å². The molecule has 1 aliphatic heterocycles. The van der Waals surface area contributed by atoms with Crippen LogP contribution in [0.1, 0.15) is 23.5 Å². The molecular formula is C11H19N3S. The Kier molecular flexibility index (Phi) is 4.11. The van der Waals surface area contributed by atoms with E-state index in [0.29, 0.717) is 6.04 Å². The molecule has 2 heterocycles. The van der Waals surface area contributed by atoms with Crippen molar-refractivity contribution in [2.24, 2.45) is 0 Å². The van der Waals surface area contributed by atoms with Gasteiger partial charge in [-0.3, -0.25) is 0 Å². The lowest BCUT2D eigenvalue weighted by Gasteiger charge is -2.23. The Morgan fingerprint density at radius 3 is 3.00 bits per heavy atom. The summed E-state index contributed by atoms with van der Waals surface area (Å²) < 4.78 is 0. The van der Waals surface area contributed by atoms with Crippen LogP contribution < -0.4 is 10.6 Å². The molecule has 2 N–H and O–H groups in total. The van der Waals surface area contributed by atoms with E-state index in [1.807, 2.05) is 0 Å². The van der Waals surface area contributed by atoms with E-state index in [-0.39, 0.29) is 0 Å². The number of thiazole rings is 1. The van der Waals surface area contributed by atoms with E-state index in [1.165, 1.54) is 23.5 Å². The third kappa shape index (κ3) is 3.55. The van der Waals surface area contributed by atoms with Gasteiger partial charge in [-0.15, -0.1) is 11.3 Å². The minimum atomic E-state index is 0.714. The van der Waals surface area contributed by atoms with Crippen LogP contribution in [0.15, 0.2) is 5.38 Å². The fourth-order valence-corrected chi connectivity index (χ4v) is 2.60. The first-order valence-electron chi connectivity index (χ1n) is 5.70. The Bertz CT molecular complexity index is 292. The van der Waals surface area contributed by atoms with Crippen LogP contribution in [-0.2, 0) is 6.42 Å². The summed E-state index contributed by atoms with van der Waals surface area (Å²) in [6, 6.07) is 0.714. The minimum absolute atomic E-state index is 0.714. The standard InChI is InChI=1S/C11H19N3S/c1-9-14-11(8-15-9)4-7-13-10-2-5-12-6-3-10/h8,10,12-13H,2-7H2,1H3. The average molecular weight is 225 g/mol. The maximum atomic E-state index is 4.46. The largest absolute Gasteiger partial charge is 0.317 e. The summed E-state index contributed by atoms with van der Waals surface area (Å²) in [6.07, 6.45) is 3.58. The fourth-order valence-electron chi connectivity index (χ4n) is 1.95. The van der Waals surface area contributed by atoms with Crippen LogP contribution in [0.5, 0.6) is 0 Å². The molecule has 1 aromatic heterocycles. The molecule has 3 nitrogen and oxygen atoms in total. The number of rotatable bonds is 4. The summed E-state index contributed by atoms with van der Waals surface area (Å²) in [4.78, 5) is 4.46. The van der Waals surface area contributed by atoms with Gasteiger partial charge in [0.15, 0.2) is 0 Å². The molecule has 1 saturated heterocycles. The van der Waals surface area contributed by atoms with Crippen LogP contribution in [0.2, 0.25) is 0 Å². The van der Waals surface area contributed by atoms with E-state index >= 15 is 0 Å². The van der Waals surface area contributed by atoms with Crippen LogP contribution in [0.4, 0.5) is 0 Å². The zero-order valence-electron chi connectivity index (χ0n) is 9.25. The van der Waals surface area contributed by atoms with Gasteiger partial charge in [0, 0.05) is 24.4 Å². The van der Waals surface area contributed by atoms with Crippen molar-refractivity contribution >= 4 is 11.3 Å². The van der Waals surface area contributed by atoms with Crippen LogP contribution in [0, 0.1) is 6.92 Å². The average Bonchev–Trinajstić information content (AvgIpc) is 2.66. The molecule has 1 aliphatic rings. The first kappa shape index (κ1) is 11.0. The topological polar surface area (TPSA) is 37.0 Å². The van der Waals surface area contributed by atoms with Gasteiger partial charge in [-0.05, 0) is 32.9 Å². The number of hydrogen-bond acceptors (Lipinski definition) is 4. The molecular weight excluding hydrogens is 206 g/mol. The molecule has 0 amide bonds. The third-order valence-corrected chi connectivity index (χ3v) is 3.64. The minimum Gasteiger partial charge on any atom is -0.317 e. The zero-order chi connectivity index (χ0) is 10.5. The molecule has 0 aliphatic carbocycles. The summed E-state index contributed by atoms with van der Waals surface area (Å²) in [5.74, 6) is 0. The highest BCUT2D eigenvalue weighted by Crippen LogP contribution is 2.08. The van der Waals surface area contributed by atoms with Crippen LogP contribution in [0.25, 0.3) is 0 Å². The quantitative estimate of drug-likeness (QED) is 0.812. The lowest BCUT2D eigenvalue weighted by atomic mass is 10.1. The maximum Gasteiger partial charge on any atom is 0.0897 e. The van der Waals surface area contributed by atoms with Gasteiger partial charge >= 0.3 is 0 Å². The molecule has 4 heteroatoms. The van der Waals surface area contributed by atoms with Gasteiger partial charge in [0.2, 0.25) is 0 Å². The number of nitrogens with one attached hydrogen (secondary N) is 2. The monoisotopic (exact) mass is 225 g/mol. The third-order valence-electron chi connectivity index (χ3n) is 2.82. The molecule has 0 spiro atoms. The molecule has 1 aromatic rings. The maximum absolute atomic E-state index is 4.46. The van der Waals surface area contributed by atoms with Crippen molar-refractivity contribution in [3.8, 4) is 0 Å². The second-order valence-electron chi connectivity index (χ2n) is 4.09. The fraction of sp³-hybridized carbons (Fsp3) is 0.727. The number of aromatic nitrogens is 1. The van der Waals surface area contributed by atoms with E-state index in [1.54, 1.807) is 11.3 Å². The molecule has 84 valence electrons. The van der Waals surface area contributed by atoms with E-state index in [2.05, 4.69) is 27.9 Å². The van der Waals surface area contributed by atoms with Crippen LogP contribution in [0.3, 0.4) is 0 Å². The highest BCUT2D eigenvalue weighted by molar-refractivity contribution is 7.09. The van der Waals surface area contributed by atoms with Gasteiger partial charge < -0.3 is 10.6 Å². The zero-order valence-corrected chi connectivity index (χ0v) is 10.1. The van der Waals surface area contributed by atoms with Crippen molar-refractivity contribution < 1.29 is 0 Å². The normalized spacial score (nSPS) is 18.2. The number of piperidine rings is 1. The lowest BCUT2D eigenvalue weighted by Crippen LogP contribution is -2.40. The van der Waals surface area contributed by atoms with Crippen molar-refractivity contribution in [3.05, 3.63) is 16.1 Å². The Balaban J connectivity index is 1.65. The second kappa shape index (κ2) is 5.58. The van der Waals surface area contributed by atoms with Crippen molar-refractivity contribution in [1.29, 1.82) is 0 Å². The molecule has 0 unspecified atom stereocenters. The lowest BCUT2D eigenvalue weighted by molar-refractivity contribution is 0.389. The smallest absolute Gasteiger partial charge is 0.0897 e. The molecule has 0 saturated carbocycles. The predicted molar refractivity (Wildman–Crippen MR) is 64.4 cm³/mol. The Morgan fingerprint density at radius 1 is 1.53 bits per heavy atom. The first-order valence-corrected chi connectivity index (χ1v) is 6.57. The van der Waals surface area contributed by atoms with Gasteiger partial charge in [0.1, 0.15) is 0 Å². The van der Waals surface area contributed by atoms with Gasteiger partial charge in [-0.2, -0.15) is 0 Å². The molecule has 2 rings (SSSR count). The van der Waals surface area contributed by atoms with E-state index in [9.17, 15) is 0 Å². The van der Waals surface area contributed by atoms with Crippen LogP contribution in [-0.4, -0.2) is 30.7 Å². The van der Waals surface area contributed by atoms with Gasteiger partial charge in [0.25, 0.3) is 0 Å². The highest BCUT2D eigenvalue weighted by Gasteiger charge is 2.11. The molecule has 0 bridgehead atoms. The molecule has 1 fully saturated rings.